The fourth-order valence-electron chi connectivity index (χ4n) is 3.74. The molecule has 0 aromatic heterocycles. The molecule has 2 heterocycles. The molecule has 2 aromatic rings. The Hall–Kier alpha value is -2.89. The molecule has 2 aromatic carbocycles. The number of nitrogens with zero attached hydrogens (tertiary/aromatic N) is 1. The second kappa shape index (κ2) is 8.00. The first-order chi connectivity index (χ1) is 13.6. The zero-order valence-corrected chi connectivity index (χ0v) is 16.4. The summed E-state index contributed by atoms with van der Waals surface area (Å²) in [6, 6.07) is 11.9. The number of likely N-dealkylation sites (tertiary alicyclic amines) is 1. The van der Waals surface area contributed by atoms with Gasteiger partial charge >= 0.3 is 6.03 Å². The molecule has 4 rings (SSSR count). The van der Waals surface area contributed by atoms with E-state index in [-0.39, 0.29) is 18.9 Å². The van der Waals surface area contributed by atoms with Crippen molar-refractivity contribution >= 4 is 6.03 Å². The normalized spacial score (nSPS) is 16.1. The van der Waals surface area contributed by atoms with E-state index in [4.69, 9.17) is 14.2 Å². The van der Waals surface area contributed by atoms with Crippen LogP contribution in [0.5, 0.6) is 17.2 Å². The van der Waals surface area contributed by atoms with Crippen LogP contribution in [0.25, 0.3) is 0 Å². The van der Waals surface area contributed by atoms with Gasteiger partial charge in [0.15, 0.2) is 11.5 Å². The second-order valence-electron chi connectivity index (χ2n) is 7.33. The van der Waals surface area contributed by atoms with Crippen LogP contribution < -0.4 is 19.5 Å². The Bertz CT molecular complexity index is 839. The van der Waals surface area contributed by atoms with E-state index in [1.165, 1.54) is 0 Å². The minimum absolute atomic E-state index is 0.0537. The van der Waals surface area contributed by atoms with E-state index in [0.717, 1.165) is 46.8 Å². The van der Waals surface area contributed by atoms with Crippen LogP contribution in [-0.4, -0.2) is 36.9 Å². The molecule has 0 aliphatic carbocycles. The molecular weight excluding hydrogens is 356 g/mol. The fourth-order valence-corrected chi connectivity index (χ4v) is 3.74. The van der Waals surface area contributed by atoms with E-state index >= 15 is 0 Å². The molecular formula is C22H26N2O4. The van der Waals surface area contributed by atoms with Gasteiger partial charge in [-0.3, -0.25) is 0 Å². The molecule has 1 fully saturated rings. The van der Waals surface area contributed by atoms with E-state index in [2.05, 4.69) is 31.3 Å². The van der Waals surface area contributed by atoms with Crippen molar-refractivity contribution in [3.8, 4) is 17.2 Å². The molecule has 2 aliphatic rings. The van der Waals surface area contributed by atoms with Crippen LogP contribution in [0.15, 0.2) is 36.4 Å². The quantitative estimate of drug-likeness (QED) is 0.874. The lowest BCUT2D eigenvalue weighted by atomic mass is 10.1. The van der Waals surface area contributed by atoms with Crippen LogP contribution in [-0.2, 0) is 6.54 Å². The van der Waals surface area contributed by atoms with Crippen LogP contribution in [0.4, 0.5) is 4.79 Å². The monoisotopic (exact) mass is 382 g/mol. The van der Waals surface area contributed by atoms with Gasteiger partial charge in [-0.2, -0.15) is 0 Å². The molecule has 0 unspecified atom stereocenters. The third-order valence-corrected chi connectivity index (χ3v) is 5.33. The van der Waals surface area contributed by atoms with Gasteiger partial charge in [0.2, 0.25) is 6.79 Å². The highest BCUT2D eigenvalue weighted by molar-refractivity contribution is 5.74. The Morgan fingerprint density at radius 3 is 2.57 bits per heavy atom. The Kier molecular flexibility index (Phi) is 5.28. The fraction of sp³-hybridized carbons (Fsp3) is 0.409. The minimum atomic E-state index is -0.0537. The van der Waals surface area contributed by atoms with Gasteiger partial charge in [0.05, 0.1) is 0 Å². The summed E-state index contributed by atoms with van der Waals surface area (Å²) in [7, 11) is 0. The second-order valence-corrected chi connectivity index (χ2v) is 7.33. The number of hydrogen-bond acceptors (Lipinski definition) is 4. The lowest BCUT2D eigenvalue weighted by Crippen LogP contribution is -2.46. The molecule has 0 radical (unpaired) electrons. The summed E-state index contributed by atoms with van der Waals surface area (Å²) in [6.07, 6.45) is 1.81. The molecule has 28 heavy (non-hydrogen) atoms. The van der Waals surface area contributed by atoms with E-state index in [0.29, 0.717) is 19.6 Å². The van der Waals surface area contributed by atoms with Gasteiger partial charge in [-0.05, 0) is 31.0 Å². The molecule has 6 nitrogen and oxygen atoms in total. The zero-order valence-electron chi connectivity index (χ0n) is 16.4. The molecule has 1 N–H and O–H groups in total. The molecule has 2 aliphatic heterocycles. The average Bonchev–Trinajstić information content (AvgIpc) is 3.19. The van der Waals surface area contributed by atoms with E-state index in [9.17, 15) is 4.79 Å². The predicted molar refractivity (Wildman–Crippen MR) is 106 cm³/mol. The van der Waals surface area contributed by atoms with Crippen LogP contribution >= 0.6 is 0 Å². The van der Waals surface area contributed by atoms with E-state index < -0.39 is 0 Å². The standard InChI is InChI=1S/C22H26N2O4/c1-15-5-3-6-16(2)20(15)28-18-9-11-24(12-10-18)22(25)23-13-17-7-4-8-19-21(17)27-14-26-19/h3-8,18H,9-14H2,1-2H3,(H,23,25). The number of nitrogens with one attached hydrogen (secondary N) is 1. The molecule has 6 heteroatoms. The number of fused-ring (bicyclic) bond motifs is 1. The number of rotatable bonds is 4. The number of ether oxygens (including phenoxy) is 3. The summed E-state index contributed by atoms with van der Waals surface area (Å²) in [4.78, 5) is 14.4. The van der Waals surface area contributed by atoms with Crippen LogP contribution in [0.3, 0.4) is 0 Å². The van der Waals surface area contributed by atoms with E-state index in [1.54, 1.807) is 0 Å². The molecule has 1 saturated heterocycles. The number of urea groups is 1. The number of benzene rings is 2. The molecule has 0 spiro atoms. The zero-order chi connectivity index (χ0) is 19.5. The minimum Gasteiger partial charge on any atom is -0.490 e. The average molecular weight is 382 g/mol. The van der Waals surface area contributed by atoms with Crippen molar-refractivity contribution in [1.82, 2.24) is 10.2 Å². The summed E-state index contributed by atoms with van der Waals surface area (Å²) in [6.45, 7) is 6.17. The Labute approximate surface area is 165 Å². The van der Waals surface area contributed by atoms with Crippen molar-refractivity contribution in [2.24, 2.45) is 0 Å². The van der Waals surface area contributed by atoms with Crippen molar-refractivity contribution in [3.05, 3.63) is 53.1 Å². The number of carbonyl (C=O) groups excluding carboxylic acids is 1. The lowest BCUT2D eigenvalue weighted by Gasteiger charge is -2.32. The summed E-state index contributed by atoms with van der Waals surface area (Å²) in [5.74, 6) is 2.44. The Morgan fingerprint density at radius 2 is 1.82 bits per heavy atom. The molecule has 2 amide bonds. The molecule has 0 atom stereocenters. The summed E-state index contributed by atoms with van der Waals surface area (Å²) in [5.41, 5.74) is 3.24. The highest BCUT2D eigenvalue weighted by atomic mass is 16.7. The Morgan fingerprint density at radius 1 is 1.11 bits per heavy atom. The van der Waals surface area contributed by atoms with Crippen molar-refractivity contribution in [1.29, 1.82) is 0 Å². The van der Waals surface area contributed by atoms with Gasteiger partial charge in [-0.1, -0.05) is 30.3 Å². The smallest absolute Gasteiger partial charge is 0.317 e. The van der Waals surface area contributed by atoms with Crippen molar-refractivity contribution in [2.75, 3.05) is 19.9 Å². The maximum atomic E-state index is 12.5. The topological polar surface area (TPSA) is 60.0 Å². The van der Waals surface area contributed by atoms with Crippen LogP contribution in [0, 0.1) is 13.8 Å². The highest BCUT2D eigenvalue weighted by Crippen LogP contribution is 2.35. The van der Waals surface area contributed by atoms with Crippen molar-refractivity contribution in [3.63, 3.8) is 0 Å². The van der Waals surface area contributed by atoms with Crippen LogP contribution in [0.1, 0.15) is 29.5 Å². The first-order valence-electron chi connectivity index (χ1n) is 9.75. The molecule has 148 valence electrons. The van der Waals surface area contributed by atoms with Gasteiger partial charge in [-0.25, -0.2) is 4.79 Å². The lowest BCUT2D eigenvalue weighted by molar-refractivity contribution is 0.110. The largest absolute Gasteiger partial charge is 0.490 e. The number of aryl methyl sites for hydroxylation is 2. The summed E-state index contributed by atoms with van der Waals surface area (Å²) >= 11 is 0. The summed E-state index contributed by atoms with van der Waals surface area (Å²) in [5, 5.41) is 2.99. The third kappa shape index (κ3) is 3.86. The van der Waals surface area contributed by atoms with Gasteiger partial charge < -0.3 is 24.4 Å². The molecule has 0 saturated carbocycles. The number of amides is 2. The first kappa shape index (κ1) is 18.5. The van der Waals surface area contributed by atoms with E-state index in [1.807, 2.05) is 29.2 Å². The van der Waals surface area contributed by atoms with Gasteiger partial charge in [0, 0.05) is 38.0 Å². The van der Waals surface area contributed by atoms with Crippen molar-refractivity contribution in [2.45, 2.75) is 39.3 Å². The number of para-hydroxylation sites is 2. The SMILES string of the molecule is Cc1cccc(C)c1OC1CCN(C(=O)NCc2cccc3c2OCO3)CC1. The number of piperidine rings is 1. The van der Waals surface area contributed by atoms with Gasteiger partial charge in [0.25, 0.3) is 0 Å². The van der Waals surface area contributed by atoms with Crippen LogP contribution in [0.2, 0.25) is 0 Å². The van der Waals surface area contributed by atoms with Gasteiger partial charge in [-0.15, -0.1) is 0 Å². The number of hydrogen-bond donors (Lipinski definition) is 1. The van der Waals surface area contributed by atoms with Gasteiger partial charge in [0.1, 0.15) is 11.9 Å². The first-order valence-corrected chi connectivity index (χ1v) is 9.75. The summed E-state index contributed by atoms with van der Waals surface area (Å²) < 4.78 is 17.1. The maximum absolute atomic E-state index is 12.5. The van der Waals surface area contributed by atoms with Crippen molar-refractivity contribution < 1.29 is 19.0 Å². The Balaban J connectivity index is 1.28. The predicted octanol–water partition coefficient (Wildman–Crippen LogP) is 3.79. The third-order valence-electron chi connectivity index (χ3n) is 5.33. The maximum Gasteiger partial charge on any atom is 0.317 e. The number of carbonyl (C=O) groups is 1. The highest BCUT2D eigenvalue weighted by Gasteiger charge is 2.25. The molecule has 0 bridgehead atoms.